The van der Waals surface area contributed by atoms with Gasteiger partial charge in [-0.3, -0.25) is 10.3 Å². The van der Waals surface area contributed by atoms with Crippen LogP contribution in [-0.2, 0) is 4.74 Å². The second-order valence-electron chi connectivity index (χ2n) is 4.31. The van der Waals surface area contributed by atoms with Crippen LogP contribution in [0.1, 0.15) is 18.3 Å². The van der Waals surface area contributed by atoms with Crippen molar-refractivity contribution < 1.29 is 4.74 Å². The van der Waals surface area contributed by atoms with Crippen molar-refractivity contribution in [1.82, 2.24) is 20.6 Å². The summed E-state index contributed by atoms with van der Waals surface area (Å²) in [5.41, 5.74) is 1.77. The van der Waals surface area contributed by atoms with Gasteiger partial charge in [-0.05, 0) is 39.1 Å². The Bertz CT molecular complexity index is 485. The van der Waals surface area contributed by atoms with E-state index in [0.29, 0.717) is 30.2 Å². The van der Waals surface area contributed by atoms with Gasteiger partial charge in [-0.15, -0.1) is 0 Å². The van der Waals surface area contributed by atoms with Crippen LogP contribution < -0.4 is 16.0 Å². The molecule has 0 aliphatic carbocycles. The number of anilines is 1. The van der Waals surface area contributed by atoms with Gasteiger partial charge < -0.3 is 15.4 Å². The molecular formula is C13H22N6OS. The summed E-state index contributed by atoms with van der Waals surface area (Å²) in [6, 6.07) is 1.91. The Hall–Kier alpha value is -1.80. The van der Waals surface area contributed by atoms with Gasteiger partial charge in [0.15, 0.2) is 5.11 Å². The van der Waals surface area contributed by atoms with Crippen LogP contribution in [0, 0.1) is 13.8 Å². The van der Waals surface area contributed by atoms with Gasteiger partial charge in [0.1, 0.15) is 0 Å². The molecule has 0 aliphatic heterocycles. The van der Waals surface area contributed by atoms with E-state index in [1.807, 2.05) is 26.8 Å². The Balaban J connectivity index is 2.80. The van der Waals surface area contributed by atoms with Gasteiger partial charge in [0.2, 0.25) is 11.9 Å². The molecule has 0 bridgehead atoms. The van der Waals surface area contributed by atoms with E-state index < -0.39 is 0 Å². The molecule has 0 spiro atoms. The topological polar surface area (TPSA) is 83.5 Å². The van der Waals surface area contributed by atoms with Crippen molar-refractivity contribution in [3.05, 3.63) is 17.5 Å². The molecule has 0 aliphatic rings. The molecule has 8 heteroatoms. The number of rotatable bonds is 5. The predicted octanol–water partition coefficient (Wildman–Crippen LogP) is 0.992. The molecule has 1 aromatic heterocycles. The number of ether oxygens (including phenoxy) is 1. The van der Waals surface area contributed by atoms with Crippen LogP contribution in [0.4, 0.5) is 5.95 Å². The highest BCUT2D eigenvalue weighted by Gasteiger charge is 2.06. The van der Waals surface area contributed by atoms with E-state index in [4.69, 9.17) is 17.0 Å². The van der Waals surface area contributed by atoms with E-state index in [-0.39, 0.29) is 0 Å². The van der Waals surface area contributed by atoms with Gasteiger partial charge >= 0.3 is 0 Å². The van der Waals surface area contributed by atoms with Crippen LogP contribution in [0.3, 0.4) is 0 Å². The van der Waals surface area contributed by atoms with Gasteiger partial charge in [-0.1, -0.05) is 0 Å². The van der Waals surface area contributed by atoms with Crippen molar-refractivity contribution in [1.29, 1.82) is 0 Å². The lowest BCUT2D eigenvalue weighted by Crippen LogP contribution is -2.43. The minimum atomic E-state index is 0.482. The summed E-state index contributed by atoms with van der Waals surface area (Å²) in [6.45, 7) is 7.56. The largest absolute Gasteiger partial charge is 0.383 e. The zero-order valence-electron chi connectivity index (χ0n) is 12.9. The number of guanidine groups is 1. The summed E-state index contributed by atoms with van der Waals surface area (Å²) in [4.78, 5) is 13.0. The maximum Gasteiger partial charge on any atom is 0.229 e. The number of nitrogens with zero attached hydrogens (tertiary/aromatic N) is 3. The summed E-state index contributed by atoms with van der Waals surface area (Å²) < 4.78 is 4.99. The van der Waals surface area contributed by atoms with Gasteiger partial charge in [0.05, 0.1) is 13.2 Å². The number of hydrogen-bond acceptors (Lipinski definition) is 5. The van der Waals surface area contributed by atoms with E-state index in [0.717, 1.165) is 17.9 Å². The van der Waals surface area contributed by atoms with E-state index in [1.54, 1.807) is 7.11 Å². The van der Waals surface area contributed by atoms with Crippen LogP contribution in [0.15, 0.2) is 11.1 Å². The second kappa shape index (κ2) is 9.19. The number of hydrogen-bond donors (Lipinski definition) is 3. The fraction of sp³-hybridized carbons (Fsp3) is 0.538. The van der Waals surface area contributed by atoms with Gasteiger partial charge in [0.25, 0.3) is 0 Å². The van der Waals surface area contributed by atoms with Crippen molar-refractivity contribution in [2.24, 2.45) is 4.99 Å². The molecule has 3 N–H and O–H groups in total. The third-order valence-corrected chi connectivity index (χ3v) is 2.59. The molecule has 0 amide bonds. The van der Waals surface area contributed by atoms with Crippen molar-refractivity contribution >= 4 is 29.2 Å². The Morgan fingerprint density at radius 3 is 2.57 bits per heavy atom. The smallest absolute Gasteiger partial charge is 0.229 e. The molecule has 1 rings (SSSR count). The minimum Gasteiger partial charge on any atom is -0.383 e. The molecular weight excluding hydrogens is 288 g/mol. The van der Waals surface area contributed by atoms with E-state index >= 15 is 0 Å². The van der Waals surface area contributed by atoms with E-state index in [9.17, 15) is 0 Å². The Labute approximate surface area is 130 Å². The molecule has 21 heavy (non-hydrogen) atoms. The average molecular weight is 310 g/mol. The SMILES string of the molecule is CCNC(=S)NC(=NCCOC)Nc1nc(C)cc(C)n1. The highest BCUT2D eigenvalue weighted by Crippen LogP contribution is 2.03. The quantitative estimate of drug-likeness (QED) is 0.324. The third-order valence-electron chi connectivity index (χ3n) is 2.35. The molecule has 0 fully saturated rings. The Morgan fingerprint density at radius 2 is 2.00 bits per heavy atom. The first-order valence-corrected chi connectivity index (χ1v) is 7.13. The van der Waals surface area contributed by atoms with Crippen LogP contribution in [-0.4, -0.2) is 47.8 Å². The number of aryl methyl sites for hydroxylation is 2. The lowest BCUT2D eigenvalue weighted by atomic mass is 10.4. The summed E-state index contributed by atoms with van der Waals surface area (Å²) in [7, 11) is 1.63. The number of aliphatic imine (C=N–C) groups is 1. The summed E-state index contributed by atoms with van der Waals surface area (Å²) >= 11 is 5.16. The molecule has 0 unspecified atom stereocenters. The summed E-state index contributed by atoms with van der Waals surface area (Å²) in [6.07, 6.45) is 0. The lowest BCUT2D eigenvalue weighted by Gasteiger charge is -2.13. The van der Waals surface area contributed by atoms with Crippen molar-refractivity contribution in [3.63, 3.8) is 0 Å². The summed E-state index contributed by atoms with van der Waals surface area (Å²) in [5, 5.41) is 9.52. The van der Waals surface area contributed by atoms with Crippen LogP contribution in [0.25, 0.3) is 0 Å². The summed E-state index contributed by atoms with van der Waals surface area (Å²) in [5.74, 6) is 0.971. The highest BCUT2D eigenvalue weighted by molar-refractivity contribution is 7.80. The third kappa shape index (κ3) is 6.96. The zero-order chi connectivity index (χ0) is 15.7. The normalized spacial score (nSPS) is 11.1. The van der Waals surface area contributed by atoms with Gasteiger partial charge in [-0.25, -0.2) is 9.97 Å². The molecule has 1 heterocycles. The maximum atomic E-state index is 5.16. The lowest BCUT2D eigenvalue weighted by molar-refractivity contribution is 0.208. The fourth-order valence-electron chi connectivity index (χ4n) is 1.56. The van der Waals surface area contributed by atoms with Gasteiger partial charge in [-0.2, -0.15) is 0 Å². The second-order valence-corrected chi connectivity index (χ2v) is 4.72. The molecule has 0 saturated heterocycles. The standard InChI is InChI=1S/C13H22N6OS/c1-5-14-13(21)19-11(15-6-7-20-4)18-12-16-9(2)8-10(3)17-12/h8H,5-7H2,1-4H3,(H3,14,15,16,17,18,19,21). The van der Waals surface area contributed by atoms with Crippen LogP contribution in [0.5, 0.6) is 0 Å². The highest BCUT2D eigenvalue weighted by atomic mass is 32.1. The molecule has 0 radical (unpaired) electrons. The Morgan fingerprint density at radius 1 is 1.33 bits per heavy atom. The maximum absolute atomic E-state index is 5.16. The molecule has 0 saturated carbocycles. The molecule has 0 aromatic carbocycles. The Kier molecular flexibility index (Phi) is 7.55. The average Bonchev–Trinajstić information content (AvgIpc) is 2.37. The van der Waals surface area contributed by atoms with Crippen molar-refractivity contribution in [2.45, 2.75) is 20.8 Å². The molecule has 116 valence electrons. The van der Waals surface area contributed by atoms with E-state index in [2.05, 4.69) is 30.9 Å². The monoisotopic (exact) mass is 310 g/mol. The molecule has 0 atom stereocenters. The zero-order valence-corrected chi connectivity index (χ0v) is 13.7. The number of nitrogens with one attached hydrogen (secondary N) is 3. The molecule has 1 aromatic rings. The number of methoxy groups -OCH3 is 1. The van der Waals surface area contributed by atoms with Crippen molar-refractivity contribution in [3.8, 4) is 0 Å². The van der Waals surface area contributed by atoms with Crippen LogP contribution in [0.2, 0.25) is 0 Å². The first kappa shape index (κ1) is 17.3. The molecule has 7 nitrogen and oxygen atoms in total. The van der Waals surface area contributed by atoms with Crippen molar-refractivity contribution in [2.75, 3.05) is 32.1 Å². The fourth-order valence-corrected chi connectivity index (χ4v) is 1.80. The number of aromatic nitrogens is 2. The van der Waals surface area contributed by atoms with E-state index in [1.165, 1.54) is 0 Å². The van der Waals surface area contributed by atoms with Gasteiger partial charge in [0, 0.05) is 25.0 Å². The van der Waals surface area contributed by atoms with Crippen LogP contribution >= 0.6 is 12.2 Å². The first-order chi connectivity index (χ1) is 10.0. The first-order valence-electron chi connectivity index (χ1n) is 6.72. The number of thiocarbonyl (C=S) groups is 1. The minimum absolute atomic E-state index is 0.482. The predicted molar refractivity (Wildman–Crippen MR) is 88.7 cm³/mol.